The predicted octanol–water partition coefficient (Wildman–Crippen LogP) is 13.9. The molecule has 0 fully saturated rings. The zero-order valence-corrected chi connectivity index (χ0v) is 35.0. The fourth-order valence-corrected chi connectivity index (χ4v) is 5.59. The first-order chi connectivity index (χ1) is 26.5. The zero-order valence-electron chi connectivity index (χ0n) is 35.0. The first kappa shape index (κ1) is 50.9. The van der Waals surface area contributed by atoms with Gasteiger partial charge in [-0.25, -0.2) is 0 Å². The number of carbonyl (C=O) groups is 3. The summed E-state index contributed by atoms with van der Waals surface area (Å²) >= 11 is 0. The number of rotatable bonds is 38. The maximum absolute atomic E-state index is 12.6. The molecule has 54 heavy (non-hydrogen) atoms. The molecule has 0 bridgehead atoms. The summed E-state index contributed by atoms with van der Waals surface area (Å²) < 4.78 is 16.5. The van der Waals surface area contributed by atoms with Gasteiger partial charge in [0.05, 0.1) is 0 Å². The van der Waals surface area contributed by atoms with Gasteiger partial charge in [0.2, 0.25) is 0 Å². The molecule has 0 rings (SSSR count). The molecule has 0 aliphatic heterocycles. The van der Waals surface area contributed by atoms with Gasteiger partial charge in [0.15, 0.2) is 6.10 Å². The molecule has 0 heterocycles. The highest BCUT2D eigenvalue weighted by Gasteiger charge is 2.19. The van der Waals surface area contributed by atoms with Crippen molar-refractivity contribution in [3.63, 3.8) is 0 Å². The van der Waals surface area contributed by atoms with Gasteiger partial charge in [0.1, 0.15) is 13.2 Å². The third-order valence-corrected chi connectivity index (χ3v) is 8.91. The van der Waals surface area contributed by atoms with Crippen LogP contribution in [0.2, 0.25) is 0 Å². The lowest BCUT2D eigenvalue weighted by Gasteiger charge is -2.18. The number of hydrogen-bond acceptors (Lipinski definition) is 6. The molecule has 1 atom stereocenters. The minimum atomic E-state index is -0.810. The van der Waals surface area contributed by atoms with Gasteiger partial charge in [0, 0.05) is 19.3 Å². The summed E-state index contributed by atoms with van der Waals surface area (Å²) in [5, 5.41) is 0. The number of ether oxygens (including phenoxy) is 3. The van der Waals surface area contributed by atoms with Gasteiger partial charge < -0.3 is 14.2 Å². The molecule has 0 aliphatic carbocycles. The molecular weight excluding hydrogens is 673 g/mol. The van der Waals surface area contributed by atoms with E-state index in [1.807, 2.05) is 0 Å². The Morgan fingerprint density at radius 1 is 0.389 bits per heavy atom. The molecule has 0 saturated heterocycles. The van der Waals surface area contributed by atoms with E-state index in [2.05, 4.69) is 93.7 Å². The van der Waals surface area contributed by atoms with Crippen LogP contribution in [0, 0.1) is 0 Å². The topological polar surface area (TPSA) is 78.9 Å². The van der Waals surface area contributed by atoms with Crippen molar-refractivity contribution in [2.45, 2.75) is 200 Å². The lowest BCUT2D eigenvalue weighted by Crippen LogP contribution is -2.30. The summed E-state index contributed by atoms with van der Waals surface area (Å²) in [7, 11) is 0. The maximum atomic E-state index is 12.6. The van der Waals surface area contributed by atoms with E-state index >= 15 is 0 Å². The van der Waals surface area contributed by atoms with Gasteiger partial charge in [-0.3, -0.25) is 14.4 Å². The fourth-order valence-electron chi connectivity index (χ4n) is 5.59. The van der Waals surface area contributed by atoms with Crippen molar-refractivity contribution >= 4 is 17.9 Å². The van der Waals surface area contributed by atoms with Crippen molar-refractivity contribution in [1.29, 1.82) is 0 Å². The van der Waals surface area contributed by atoms with Crippen LogP contribution in [0.3, 0.4) is 0 Å². The van der Waals surface area contributed by atoms with Crippen molar-refractivity contribution in [2.24, 2.45) is 0 Å². The zero-order chi connectivity index (χ0) is 39.4. The average Bonchev–Trinajstić information content (AvgIpc) is 3.17. The molecule has 0 aromatic rings. The van der Waals surface area contributed by atoms with E-state index in [1.165, 1.54) is 57.8 Å². The summed E-state index contributed by atoms with van der Waals surface area (Å²) in [6, 6.07) is 0. The van der Waals surface area contributed by atoms with Crippen LogP contribution in [0.25, 0.3) is 0 Å². The molecule has 0 radical (unpaired) electrons. The minimum Gasteiger partial charge on any atom is -0.462 e. The number of esters is 3. The largest absolute Gasteiger partial charge is 0.462 e. The van der Waals surface area contributed by atoms with Crippen LogP contribution >= 0.6 is 0 Å². The predicted molar refractivity (Wildman–Crippen MR) is 228 cm³/mol. The molecule has 6 heteroatoms. The lowest BCUT2D eigenvalue weighted by atomic mass is 10.1. The van der Waals surface area contributed by atoms with Crippen LogP contribution in [0.1, 0.15) is 194 Å². The van der Waals surface area contributed by atoms with Crippen LogP contribution < -0.4 is 0 Å². The molecule has 0 saturated carbocycles. The van der Waals surface area contributed by atoms with E-state index < -0.39 is 6.10 Å². The third-order valence-electron chi connectivity index (χ3n) is 8.91. The first-order valence-corrected chi connectivity index (χ1v) is 21.9. The second-order valence-electron chi connectivity index (χ2n) is 14.2. The Labute approximate surface area is 332 Å². The molecule has 6 nitrogen and oxygen atoms in total. The van der Waals surface area contributed by atoms with Gasteiger partial charge in [-0.05, 0) is 96.3 Å². The molecule has 0 spiro atoms. The van der Waals surface area contributed by atoms with Crippen molar-refractivity contribution in [3.8, 4) is 0 Å². The molecule has 1 unspecified atom stereocenters. The maximum Gasteiger partial charge on any atom is 0.306 e. The fraction of sp³-hybridized carbons (Fsp3) is 0.688. The van der Waals surface area contributed by atoms with Crippen molar-refractivity contribution < 1.29 is 28.6 Å². The smallest absolute Gasteiger partial charge is 0.306 e. The van der Waals surface area contributed by atoms with Gasteiger partial charge >= 0.3 is 17.9 Å². The Morgan fingerprint density at radius 2 is 0.759 bits per heavy atom. The highest BCUT2D eigenvalue weighted by molar-refractivity contribution is 5.71. The van der Waals surface area contributed by atoms with E-state index in [-0.39, 0.29) is 37.5 Å². The summed E-state index contributed by atoms with van der Waals surface area (Å²) in [6.45, 7) is 6.35. The highest BCUT2D eigenvalue weighted by Crippen LogP contribution is 2.11. The van der Waals surface area contributed by atoms with E-state index in [0.29, 0.717) is 19.3 Å². The van der Waals surface area contributed by atoms with Gasteiger partial charge in [-0.15, -0.1) is 0 Å². The second-order valence-corrected chi connectivity index (χ2v) is 14.2. The molecule has 308 valence electrons. The van der Waals surface area contributed by atoms with Crippen molar-refractivity contribution in [2.75, 3.05) is 13.2 Å². The van der Waals surface area contributed by atoms with Crippen molar-refractivity contribution in [3.05, 3.63) is 72.9 Å². The van der Waals surface area contributed by atoms with Crippen LogP contribution in [0.4, 0.5) is 0 Å². The van der Waals surface area contributed by atoms with E-state index in [0.717, 1.165) is 89.9 Å². The van der Waals surface area contributed by atoms with Crippen molar-refractivity contribution in [1.82, 2.24) is 0 Å². The first-order valence-electron chi connectivity index (χ1n) is 21.9. The van der Waals surface area contributed by atoms with E-state index in [4.69, 9.17) is 14.2 Å². The number of allylic oxidation sites excluding steroid dienone is 12. The summed E-state index contributed by atoms with van der Waals surface area (Å²) in [4.78, 5) is 37.5. The Bertz CT molecular complexity index is 1050. The Kier molecular flexibility index (Phi) is 40.1. The second kappa shape index (κ2) is 42.6. The molecule has 0 N–H and O–H groups in total. The Morgan fingerprint density at radius 3 is 1.31 bits per heavy atom. The molecular formula is C48H80O6. The molecule has 0 aromatic carbocycles. The molecule has 0 aromatic heterocycles. The van der Waals surface area contributed by atoms with Crippen LogP contribution in [-0.4, -0.2) is 37.2 Å². The minimum absolute atomic E-state index is 0.114. The highest BCUT2D eigenvalue weighted by atomic mass is 16.6. The van der Waals surface area contributed by atoms with E-state index in [9.17, 15) is 14.4 Å². The quantitative estimate of drug-likeness (QED) is 0.0270. The summed E-state index contributed by atoms with van der Waals surface area (Å²) in [5.41, 5.74) is 0. The molecule has 0 aliphatic rings. The SMILES string of the molecule is CC/C=C\C/C=C\CCCCC(=O)OCC(COC(=O)CCC/C=C\C/C=C\C/C=C\CCCCCCCC)OC(=O)CCCCCC/C=C\CCCC. The van der Waals surface area contributed by atoms with Crippen LogP contribution in [0.5, 0.6) is 0 Å². The summed E-state index contributed by atoms with van der Waals surface area (Å²) in [5.74, 6) is -1.02. The normalized spacial score (nSPS) is 12.7. The average molecular weight is 753 g/mol. The van der Waals surface area contributed by atoms with Crippen LogP contribution in [0.15, 0.2) is 72.9 Å². The van der Waals surface area contributed by atoms with Gasteiger partial charge in [0.25, 0.3) is 0 Å². The standard InChI is InChI=1S/C48H80O6/c1-4-7-10-13-16-19-21-22-23-24-25-26-27-30-32-35-38-41-47(50)53-44-45(43-52-46(49)40-37-34-31-28-18-15-12-9-6-3)54-48(51)42-39-36-33-29-20-17-14-11-8-5-2/h9,12,14,17-18,22-23,25-26,28,30,32,45H,4-8,10-11,13,15-16,19-21,24,27,29,31,33-44H2,1-3H3/b12-9-,17-14-,23-22-,26-25-,28-18-,32-30-. The van der Waals surface area contributed by atoms with Gasteiger partial charge in [-0.1, -0.05) is 151 Å². The Balaban J connectivity index is 4.46. The molecule has 0 amide bonds. The Hall–Kier alpha value is -3.15. The van der Waals surface area contributed by atoms with E-state index in [1.54, 1.807) is 0 Å². The summed E-state index contributed by atoms with van der Waals surface area (Å²) in [6.07, 6.45) is 51.9. The van der Waals surface area contributed by atoms with Crippen LogP contribution in [-0.2, 0) is 28.6 Å². The number of carbonyl (C=O) groups excluding carboxylic acids is 3. The van der Waals surface area contributed by atoms with Gasteiger partial charge in [-0.2, -0.15) is 0 Å². The third kappa shape index (κ3) is 40.0. The number of unbranched alkanes of at least 4 members (excludes halogenated alkanes) is 15. The number of hydrogen-bond donors (Lipinski definition) is 0. The lowest BCUT2D eigenvalue weighted by molar-refractivity contribution is -0.167. The monoisotopic (exact) mass is 753 g/mol.